The Morgan fingerprint density at radius 3 is 2.75 bits per heavy atom. The van der Waals surface area contributed by atoms with Gasteiger partial charge in [0, 0.05) is 28.4 Å². The van der Waals surface area contributed by atoms with Crippen LogP contribution in [0.25, 0.3) is 0 Å². The summed E-state index contributed by atoms with van der Waals surface area (Å²) in [7, 11) is 1.91. The number of aromatic nitrogens is 2. The Morgan fingerprint density at radius 1 is 1.35 bits per heavy atom. The summed E-state index contributed by atoms with van der Waals surface area (Å²) >= 11 is 1.41. The van der Waals surface area contributed by atoms with Crippen molar-refractivity contribution in [3.63, 3.8) is 0 Å². The van der Waals surface area contributed by atoms with Crippen LogP contribution in [0.2, 0.25) is 0 Å². The average molecular weight is 291 g/mol. The molecule has 0 radical (unpaired) electrons. The van der Waals surface area contributed by atoms with Crippen molar-refractivity contribution in [1.82, 2.24) is 15.3 Å². The predicted octanol–water partition coefficient (Wildman–Crippen LogP) is 3.50. The third-order valence-electron chi connectivity index (χ3n) is 3.16. The third-order valence-corrected chi connectivity index (χ3v) is 4.20. The Morgan fingerprint density at radius 2 is 2.10 bits per heavy atom. The Kier molecular flexibility index (Phi) is 5.09. The standard InChI is InChI=1S/C15H18FN3S/c1-10(17-3)12-8-18-15(19-11(12)2)9-20-14-7-5-4-6-13(14)16/h4-8,10,17H,9H2,1-3H3. The fourth-order valence-corrected chi connectivity index (χ4v) is 2.68. The first kappa shape index (κ1) is 14.9. The molecule has 1 aromatic heterocycles. The van der Waals surface area contributed by atoms with Crippen molar-refractivity contribution in [2.24, 2.45) is 0 Å². The van der Waals surface area contributed by atoms with E-state index >= 15 is 0 Å². The summed E-state index contributed by atoms with van der Waals surface area (Å²) in [5.74, 6) is 1.09. The smallest absolute Gasteiger partial charge is 0.138 e. The van der Waals surface area contributed by atoms with E-state index in [1.807, 2.05) is 26.2 Å². The van der Waals surface area contributed by atoms with E-state index in [1.54, 1.807) is 12.1 Å². The zero-order valence-corrected chi connectivity index (χ0v) is 12.7. The topological polar surface area (TPSA) is 37.8 Å². The zero-order valence-electron chi connectivity index (χ0n) is 11.9. The molecule has 0 aliphatic carbocycles. The molecule has 0 amide bonds. The molecule has 0 bridgehead atoms. The molecular formula is C15H18FN3S. The van der Waals surface area contributed by atoms with Crippen LogP contribution in [-0.2, 0) is 5.75 Å². The monoisotopic (exact) mass is 291 g/mol. The molecule has 20 heavy (non-hydrogen) atoms. The van der Waals surface area contributed by atoms with Crippen molar-refractivity contribution in [3.8, 4) is 0 Å². The lowest BCUT2D eigenvalue weighted by Gasteiger charge is -2.13. The molecule has 1 unspecified atom stereocenters. The number of aryl methyl sites for hydroxylation is 1. The van der Waals surface area contributed by atoms with E-state index < -0.39 is 0 Å². The second-order valence-corrected chi connectivity index (χ2v) is 5.57. The van der Waals surface area contributed by atoms with E-state index in [9.17, 15) is 4.39 Å². The Bertz CT molecular complexity index is 589. The maximum absolute atomic E-state index is 13.5. The van der Waals surface area contributed by atoms with Crippen LogP contribution in [0.1, 0.15) is 30.0 Å². The van der Waals surface area contributed by atoms with Crippen molar-refractivity contribution < 1.29 is 4.39 Å². The molecule has 2 aromatic rings. The van der Waals surface area contributed by atoms with Gasteiger partial charge in [0.15, 0.2) is 0 Å². The highest BCUT2D eigenvalue weighted by atomic mass is 32.2. The van der Waals surface area contributed by atoms with Crippen LogP contribution in [0.15, 0.2) is 35.4 Å². The van der Waals surface area contributed by atoms with Crippen molar-refractivity contribution >= 4 is 11.8 Å². The SMILES string of the molecule is CNC(C)c1cnc(CSc2ccccc2F)nc1C. The molecule has 1 heterocycles. The fourth-order valence-electron chi connectivity index (χ4n) is 1.88. The Hall–Kier alpha value is -1.46. The van der Waals surface area contributed by atoms with Crippen molar-refractivity contribution in [2.75, 3.05) is 7.05 Å². The molecule has 0 spiro atoms. The molecule has 0 saturated heterocycles. The number of benzene rings is 1. The van der Waals surface area contributed by atoms with E-state index in [0.717, 1.165) is 17.1 Å². The quantitative estimate of drug-likeness (QED) is 0.856. The third kappa shape index (κ3) is 3.55. The van der Waals surface area contributed by atoms with Gasteiger partial charge in [0.25, 0.3) is 0 Å². The first-order valence-electron chi connectivity index (χ1n) is 6.49. The van der Waals surface area contributed by atoms with Gasteiger partial charge in [-0.15, -0.1) is 11.8 Å². The van der Waals surface area contributed by atoms with Gasteiger partial charge in [0.2, 0.25) is 0 Å². The zero-order chi connectivity index (χ0) is 14.5. The molecule has 2 rings (SSSR count). The summed E-state index contributed by atoms with van der Waals surface area (Å²) in [6.07, 6.45) is 1.85. The van der Waals surface area contributed by atoms with Gasteiger partial charge in [-0.3, -0.25) is 0 Å². The van der Waals surface area contributed by atoms with Gasteiger partial charge in [-0.1, -0.05) is 12.1 Å². The maximum Gasteiger partial charge on any atom is 0.138 e. The lowest BCUT2D eigenvalue weighted by molar-refractivity contribution is 0.602. The number of hydrogen-bond acceptors (Lipinski definition) is 4. The number of rotatable bonds is 5. The van der Waals surface area contributed by atoms with Crippen LogP contribution in [0.5, 0.6) is 0 Å². The summed E-state index contributed by atoms with van der Waals surface area (Å²) in [5, 5.41) is 3.17. The van der Waals surface area contributed by atoms with E-state index in [0.29, 0.717) is 10.6 Å². The summed E-state index contributed by atoms with van der Waals surface area (Å²) in [6.45, 7) is 4.04. The second kappa shape index (κ2) is 6.81. The molecule has 0 fully saturated rings. The molecule has 1 N–H and O–H groups in total. The van der Waals surface area contributed by atoms with Gasteiger partial charge in [0.1, 0.15) is 11.6 Å². The first-order valence-corrected chi connectivity index (χ1v) is 7.47. The van der Waals surface area contributed by atoms with Gasteiger partial charge in [-0.05, 0) is 33.0 Å². The number of halogens is 1. The van der Waals surface area contributed by atoms with E-state index in [-0.39, 0.29) is 11.9 Å². The number of nitrogens with one attached hydrogen (secondary N) is 1. The first-order chi connectivity index (χ1) is 9.61. The van der Waals surface area contributed by atoms with Crippen molar-refractivity contribution in [3.05, 3.63) is 53.4 Å². The van der Waals surface area contributed by atoms with Gasteiger partial charge >= 0.3 is 0 Å². The molecule has 1 atom stereocenters. The molecule has 0 aliphatic rings. The summed E-state index contributed by atoms with van der Waals surface area (Å²) in [6, 6.07) is 6.97. The van der Waals surface area contributed by atoms with Crippen LogP contribution in [0.3, 0.4) is 0 Å². The van der Waals surface area contributed by atoms with Crippen LogP contribution in [0, 0.1) is 12.7 Å². The summed E-state index contributed by atoms with van der Waals surface area (Å²) in [4.78, 5) is 9.48. The molecule has 3 nitrogen and oxygen atoms in total. The fraction of sp³-hybridized carbons (Fsp3) is 0.333. The molecule has 0 aliphatic heterocycles. The lowest BCUT2D eigenvalue weighted by Crippen LogP contribution is -2.15. The van der Waals surface area contributed by atoms with Crippen LogP contribution < -0.4 is 5.32 Å². The minimum atomic E-state index is -0.199. The number of thioether (sulfide) groups is 1. The normalized spacial score (nSPS) is 12.4. The molecule has 106 valence electrons. The predicted molar refractivity (Wildman–Crippen MR) is 80.2 cm³/mol. The molecule has 1 aromatic carbocycles. The van der Waals surface area contributed by atoms with Gasteiger partial charge in [-0.25, -0.2) is 14.4 Å². The van der Waals surface area contributed by atoms with E-state index in [4.69, 9.17) is 0 Å². The minimum Gasteiger partial charge on any atom is -0.313 e. The number of hydrogen-bond donors (Lipinski definition) is 1. The van der Waals surface area contributed by atoms with Crippen molar-refractivity contribution in [2.45, 2.75) is 30.5 Å². The van der Waals surface area contributed by atoms with E-state index in [1.165, 1.54) is 17.8 Å². The summed E-state index contributed by atoms with van der Waals surface area (Å²) in [5.41, 5.74) is 2.05. The lowest BCUT2D eigenvalue weighted by atomic mass is 10.1. The van der Waals surface area contributed by atoms with Gasteiger partial charge < -0.3 is 5.32 Å². The van der Waals surface area contributed by atoms with Crippen molar-refractivity contribution in [1.29, 1.82) is 0 Å². The molecule has 5 heteroatoms. The van der Waals surface area contributed by atoms with Gasteiger partial charge in [0.05, 0.1) is 5.75 Å². The van der Waals surface area contributed by atoms with E-state index in [2.05, 4.69) is 22.2 Å². The average Bonchev–Trinajstić information content (AvgIpc) is 2.46. The van der Waals surface area contributed by atoms with Crippen LogP contribution in [-0.4, -0.2) is 17.0 Å². The van der Waals surface area contributed by atoms with Crippen LogP contribution >= 0.6 is 11.8 Å². The largest absolute Gasteiger partial charge is 0.313 e. The molecular weight excluding hydrogens is 273 g/mol. The molecule has 0 saturated carbocycles. The highest BCUT2D eigenvalue weighted by Gasteiger charge is 2.10. The maximum atomic E-state index is 13.5. The summed E-state index contributed by atoms with van der Waals surface area (Å²) < 4.78 is 13.5. The highest BCUT2D eigenvalue weighted by molar-refractivity contribution is 7.98. The Labute approximate surface area is 123 Å². The Balaban J connectivity index is 2.08. The van der Waals surface area contributed by atoms with Gasteiger partial charge in [-0.2, -0.15) is 0 Å². The van der Waals surface area contributed by atoms with Crippen LogP contribution in [0.4, 0.5) is 4.39 Å². The highest BCUT2D eigenvalue weighted by Crippen LogP contribution is 2.24. The number of nitrogens with zero attached hydrogens (tertiary/aromatic N) is 2. The minimum absolute atomic E-state index is 0.199. The second-order valence-electron chi connectivity index (χ2n) is 4.56.